The van der Waals surface area contributed by atoms with Crippen molar-refractivity contribution >= 4 is 0 Å². The summed E-state index contributed by atoms with van der Waals surface area (Å²) in [5.74, 6) is 1.78. The van der Waals surface area contributed by atoms with Gasteiger partial charge in [0.1, 0.15) is 0 Å². The summed E-state index contributed by atoms with van der Waals surface area (Å²) in [5, 5.41) is 3.61. The van der Waals surface area contributed by atoms with Crippen molar-refractivity contribution in [2.45, 2.75) is 83.2 Å². The lowest BCUT2D eigenvalue weighted by Gasteiger charge is -2.43. The largest absolute Gasteiger partial charge is 0.316 e. The molecule has 3 aliphatic rings. The van der Waals surface area contributed by atoms with Gasteiger partial charge in [0.15, 0.2) is 0 Å². The Morgan fingerprint density at radius 2 is 1.35 bits per heavy atom. The molecule has 1 N–H and O–H groups in total. The smallest absolute Gasteiger partial charge is 0.00983 e. The van der Waals surface area contributed by atoms with Crippen LogP contribution in [0.5, 0.6) is 0 Å². The summed E-state index contributed by atoms with van der Waals surface area (Å²) in [6.07, 6.45) is 14.8. The monoisotopic (exact) mass is 278 g/mol. The first-order valence-corrected chi connectivity index (χ1v) is 9.31. The molecule has 0 aromatic carbocycles. The van der Waals surface area contributed by atoms with Crippen LogP contribution in [-0.4, -0.2) is 36.6 Å². The minimum absolute atomic E-state index is 0.879. The van der Waals surface area contributed by atoms with E-state index in [1.165, 1.54) is 83.8 Å². The van der Waals surface area contributed by atoms with E-state index in [1.807, 2.05) is 0 Å². The van der Waals surface area contributed by atoms with Gasteiger partial charge in [-0.3, -0.25) is 4.90 Å². The maximum Gasteiger partial charge on any atom is 0.00983 e. The van der Waals surface area contributed by atoms with Crippen molar-refractivity contribution in [3.05, 3.63) is 0 Å². The second kappa shape index (κ2) is 7.26. The molecule has 1 heterocycles. The Bertz CT molecular complexity index is 261. The van der Waals surface area contributed by atoms with Crippen molar-refractivity contribution in [1.29, 1.82) is 0 Å². The number of hydrogen-bond acceptors (Lipinski definition) is 2. The molecule has 0 amide bonds. The van der Waals surface area contributed by atoms with Crippen molar-refractivity contribution < 1.29 is 0 Å². The van der Waals surface area contributed by atoms with Gasteiger partial charge in [-0.15, -0.1) is 0 Å². The van der Waals surface area contributed by atoms with Crippen LogP contribution >= 0.6 is 0 Å². The molecule has 0 aromatic heterocycles. The molecule has 2 atom stereocenters. The van der Waals surface area contributed by atoms with Crippen LogP contribution in [0.3, 0.4) is 0 Å². The van der Waals surface area contributed by atoms with E-state index in [1.54, 1.807) is 0 Å². The third-order valence-corrected chi connectivity index (χ3v) is 6.21. The first-order valence-electron chi connectivity index (χ1n) is 9.31. The normalized spacial score (nSPS) is 33.9. The number of nitrogens with one attached hydrogen (secondary N) is 1. The van der Waals surface area contributed by atoms with Crippen LogP contribution in [0, 0.1) is 11.8 Å². The van der Waals surface area contributed by atoms with Crippen molar-refractivity contribution in [1.82, 2.24) is 10.2 Å². The SMILES string of the molecule is CC1CNCC1CN(C1CCCCC1)C1CCCCC1. The van der Waals surface area contributed by atoms with Gasteiger partial charge in [0.25, 0.3) is 0 Å². The molecule has 2 unspecified atom stereocenters. The van der Waals surface area contributed by atoms with Gasteiger partial charge in [-0.2, -0.15) is 0 Å². The summed E-state index contributed by atoms with van der Waals surface area (Å²) < 4.78 is 0. The Balaban J connectivity index is 1.64. The lowest BCUT2D eigenvalue weighted by molar-refractivity contribution is 0.0611. The third-order valence-electron chi connectivity index (χ3n) is 6.21. The molecular formula is C18H34N2. The van der Waals surface area contributed by atoms with E-state index in [0.29, 0.717) is 0 Å². The molecule has 2 heteroatoms. The minimum Gasteiger partial charge on any atom is -0.316 e. The van der Waals surface area contributed by atoms with Crippen molar-refractivity contribution in [3.63, 3.8) is 0 Å². The molecule has 20 heavy (non-hydrogen) atoms. The van der Waals surface area contributed by atoms with Gasteiger partial charge in [0.05, 0.1) is 0 Å². The summed E-state index contributed by atoms with van der Waals surface area (Å²) >= 11 is 0. The Kier molecular flexibility index (Phi) is 5.39. The molecule has 1 saturated heterocycles. The summed E-state index contributed by atoms with van der Waals surface area (Å²) in [6.45, 7) is 6.33. The fourth-order valence-corrected chi connectivity index (χ4v) is 4.80. The molecule has 0 spiro atoms. The average molecular weight is 278 g/mol. The molecule has 2 nitrogen and oxygen atoms in total. The second-order valence-electron chi connectivity index (χ2n) is 7.68. The fraction of sp³-hybridized carbons (Fsp3) is 1.00. The maximum absolute atomic E-state index is 3.61. The molecule has 1 aliphatic heterocycles. The lowest BCUT2D eigenvalue weighted by Crippen LogP contribution is -2.48. The Hall–Kier alpha value is -0.0800. The van der Waals surface area contributed by atoms with Crippen LogP contribution in [0.25, 0.3) is 0 Å². The van der Waals surface area contributed by atoms with E-state index in [9.17, 15) is 0 Å². The summed E-state index contributed by atoms with van der Waals surface area (Å²) in [4.78, 5) is 2.99. The van der Waals surface area contributed by atoms with Gasteiger partial charge in [0.2, 0.25) is 0 Å². The highest BCUT2D eigenvalue weighted by molar-refractivity contribution is 4.88. The zero-order valence-corrected chi connectivity index (χ0v) is 13.4. The maximum atomic E-state index is 3.61. The van der Waals surface area contributed by atoms with Crippen LogP contribution in [0.15, 0.2) is 0 Å². The van der Waals surface area contributed by atoms with Crippen molar-refractivity contribution in [2.75, 3.05) is 19.6 Å². The number of nitrogens with zero attached hydrogens (tertiary/aromatic N) is 1. The molecule has 2 saturated carbocycles. The lowest BCUT2D eigenvalue weighted by atomic mass is 9.86. The van der Waals surface area contributed by atoms with E-state index in [2.05, 4.69) is 17.1 Å². The molecule has 0 bridgehead atoms. The van der Waals surface area contributed by atoms with Gasteiger partial charge in [-0.1, -0.05) is 45.4 Å². The molecule has 0 radical (unpaired) electrons. The molecule has 3 fully saturated rings. The predicted molar refractivity (Wildman–Crippen MR) is 86.0 cm³/mol. The molecular weight excluding hydrogens is 244 g/mol. The van der Waals surface area contributed by atoms with Crippen LogP contribution in [0.4, 0.5) is 0 Å². The zero-order chi connectivity index (χ0) is 13.8. The van der Waals surface area contributed by atoms with Crippen molar-refractivity contribution in [3.8, 4) is 0 Å². The first-order chi connectivity index (χ1) is 9.84. The molecule has 2 aliphatic carbocycles. The third kappa shape index (κ3) is 3.57. The van der Waals surface area contributed by atoms with Gasteiger partial charge >= 0.3 is 0 Å². The van der Waals surface area contributed by atoms with Crippen LogP contribution in [0.1, 0.15) is 71.1 Å². The van der Waals surface area contributed by atoms with E-state index >= 15 is 0 Å². The van der Waals surface area contributed by atoms with E-state index < -0.39 is 0 Å². The number of rotatable bonds is 4. The molecule has 116 valence electrons. The Labute approximate surface area is 125 Å². The summed E-state index contributed by atoms with van der Waals surface area (Å²) in [7, 11) is 0. The highest BCUT2D eigenvalue weighted by Gasteiger charge is 2.33. The standard InChI is InChI=1S/C18H34N2/c1-15-12-19-13-16(15)14-20(17-8-4-2-5-9-17)18-10-6-3-7-11-18/h15-19H,2-14H2,1H3. The van der Waals surface area contributed by atoms with E-state index in [4.69, 9.17) is 0 Å². The van der Waals surface area contributed by atoms with Crippen LogP contribution in [0.2, 0.25) is 0 Å². The molecule has 3 rings (SSSR count). The fourth-order valence-electron chi connectivity index (χ4n) is 4.80. The second-order valence-corrected chi connectivity index (χ2v) is 7.68. The van der Waals surface area contributed by atoms with E-state index in [0.717, 1.165) is 23.9 Å². The van der Waals surface area contributed by atoms with E-state index in [-0.39, 0.29) is 0 Å². The predicted octanol–water partition coefficient (Wildman–Crippen LogP) is 3.81. The number of hydrogen-bond donors (Lipinski definition) is 1. The van der Waals surface area contributed by atoms with Crippen LogP contribution < -0.4 is 5.32 Å². The van der Waals surface area contributed by atoms with Gasteiger partial charge < -0.3 is 5.32 Å². The average Bonchev–Trinajstić information content (AvgIpc) is 2.92. The first kappa shape index (κ1) is 14.8. The van der Waals surface area contributed by atoms with Crippen LogP contribution in [-0.2, 0) is 0 Å². The minimum atomic E-state index is 0.879. The van der Waals surface area contributed by atoms with Gasteiger partial charge in [-0.25, -0.2) is 0 Å². The quantitative estimate of drug-likeness (QED) is 0.841. The molecule has 0 aromatic rings. The van der Waals surface area contributed by atoms with Gasteiger partial charge in [0, 0.05) is 18.6 Å². The summed E-state index contributed by atoms with van der Waals surface area (Å²) in [5.41, 5.74) is 0. The highest BCUT2D eigenvalue weighted by Crippen LogP contribution is 2.32. The Morgan fingerprint density at radius 1 is 0.800 bits per heavy atom. The topological polar surface area (TPSA) is 15.3 Å². The Morgan fingerprint density at radius 3 is 1.80 bits per heavy atom. The van der Waals surface area contributed by atoms with Gasteiger partial charge in [-0.05, 0) is 50.6 Å². The highest BCUT2D eigenvalue weighted by atomic mass is 15.2. The van der Waals surface area contributed by atoms with Crippen molar-refractivity contribution in [2.24, 2.45) is 11.8 Å². The zero-order valence-electron chi connectivity index (χ0n) is 13.4. The summed E-state index contributed by atoms with van der Waals surface area (Å²) in [6, 6.07) is 1.83.